The van der Waals surface area contributed by atoms with Crippen LogP contribution in [-0.4, -0.2) is 31.8 Å². The molecular weight excluding hydrogens is 414 g/mol. The molecule has 0 N–H and O–H groups in total. The second-order valence-corrected chi connectivity index (χ2v) is 8.26. The normalized spacial score (nSPS) is 11.1. The van der Waals surface area contributed by atoms with Crippen LogP contribution in [0.25, 0.3) is 27.3 Å². The Morgan fingerprint density at radius 1 is 1.03 bits per heavy atom. The molecule has 0 saturated carbocycles. The van der Waals surface area contributed by atoms with Crippen LogP contribution in [0.5, 0.6) is 5.75 Å². The van der Waals surface area contributed by atoms with Crippen molar-refractivity contribution in [3.05, 3.63) is 78.2 Å². The summed E-state index contributed by atoms with van der Waals surface area (Å²) in [5, 5.41) is 9.39. The zero-order valence-electron chi connectivity index (χ0n) is 16.1. The Kier molecular flexibility index (Phi) is 5.17. The first-order valence-electron chi connectivity index (χ1n) is 9.28. The lowest BCUT2D eigenvalue weighted by Gasteiger charge is -2.05. The number of thioether (sulfide) groups is 1. The van der Waals surface area contributed by atoms with E-state index in [1.807, 2.05) is 65.5 Å². The number of methoxy groups -OCH3 is 1. The summed E-state index contributed by atoms with van der Waals surface area (Å²) in [4.78, 5) is 13.7. The van der Waals surface area contributed by atoms with Gasteiger partial charge in [0.25, 0.3) is 0 Å². The number of benzene rings is 2. The van der Waals surface area contributed by atoms with Crippen LogP contribution < -0.4 is 4.74 Å². The Morgan fingerprint density at radius 2 is 1.87 bits per heavy atom. The molecule has 2 aromatic carbocycles. The van der Waals surface area contributed by atoms with Crippen molar-refractivity contribution in [3.63, 3.8) is 0 Å². The third kappa shape index (κ3) is 3.55. The maximum atomic E-state index is 5.46. The lowest BCUT2D eigenvalue weighted by molar-refractivity contribution is 0.416. The van der Waals surface area contributed by atoms with Gasteiger partial charge in [-0.25, -0.2) is 19.6 Å². The maximum Gasteiger partial charge on any atom is 0.167 e. The number of fused-ring (bicyclic) bond motifs is 1. The SMILES string of the molecule is COc1ccccc1-c1nc(CSc2ncnc3c2cnn3-c2ccccc2)cs1. The van der Waals surface area contributed by atoms with Crippen molar-refractivity contribution in [1.29, 1.82) is 0 Å². The molecule has 0 spiro atoms. The van der Waals surface area contributed by atoms with Crippen molar-refractivity contribution in [2.45, 2.75) is 10.8 Å². The van der Waals surface area contributed by atoms with Crippen LogP contribution in [0.2, 0.25) is 0 Å². The molecule has 0 atom stereocenters. The molecule has 3 heterocycles. The van der Waals surface area contributed by atoms with Crippen LogP contribution in [0.15, 0.2) is 77.5 Å². The van der Waals surface area contributed by atoms with Crippen LogP contribution in [0.4, 0.5) is 0 Å². The van der Waals surface area contributed by atoms with E-state index in [2.05, 4.69) is 20.4 Å². The van der Waals surface area contributed by atoms with E-state index < -0.39 is 0 Å². The van der Waals surface area contributed by atoms with Gasteiger partial charge in [0, 0.05) is 11.1 Å². The van der Waals surface area contributed by atoms with Crippen molar-refractivity contribution >= 4 is 34.1 Å². The summed E-state index contributed by atoms with van der Waals surface area (Å²) in [6.07, 6.45) is 3.42. The molecule has 0 aliphatic carbocycles. The van der Waals surface area contributed by atoms with E-state index in [1.54, 1.807) is 36.5 Å². The van der Waals surface area contributed by atoms with Gasteiger partial charge in [-0.15, -0.1) is 11.3 Å². The van der Waals surface area contributed by atoms with Crippen molar-refractivity contribution in [2.75, 3.05) is 7.11 Å². The van der Waals surface area contributed by atoms with E-state index in [9.17, 15) is 0 Å². The predicted molar refractivity (Wildman–Crippen MR) is 120 cm³/mol. The summed E-state index contributed by atoms with van der Waals surface area (Å²) < 4.78 is 7.30. The molecular formula is C22H17N5OS2. The molecule has 6 nitrogen and oxygen atoms in total. The van der Waals surface area contributed by atoms with Gasteiger partial charge in [0.05, 0.1) is 35.6 Å². The van der Waals surface area contributed by atoms with Gasteiger partial charge in [-0.05, 0) is 24.3 Å². The summed E-state index contributed by atoms with van der Waals surface area (Å²) in [5.41, 5.74) is 3.79. The van der Waals surface area contributed by atoms with E-state index in [1.165, 1.54) is 0 Å². The van der Waals surface area contributed by atoms with Crippen molar-refractivity contribution < 1.29 is 4.74 Å². The number of hydrogen-bond acceptors (Lipinski definition) is 7. The fourth-order valence-electron chi connectivity index (χ4n) is 3.16. The topological polar surface area (TPSA) is 65.7 Å². The summed E-state index contributed by atoms with van der Waals surface area (Å²) in [7, 11) is 1.68. The second-order valence-electron chi connectivity index (χ2n) is 6.44. The molecule has 0 aliphatic heterocycles. The number of rotatable bonds is 6. The Bertz CT molecular complexity index is 1300. The van der Waals surface area contributed by atoms with Gasteiger partial charge in [-0.3, -0.25) is 0 Å². The maximum absolute atomic E-state index is 5.46. The van der Waals surface area contributed by atoms with Crippen molar-refractivity contribution in [2.24, 2.45) is 0 Å². The zero-order valence-corrected chi connectivity index (χ0v) is 17.7. The van der Waals surface area contributed by atoms with E-state index in [0.29, 0.717) is 5.75 Å². The molecule has 148 valence electrons. The molecule has 8 heteroatoms. The second kappa shape index (κ2) is 8.25. The van der Waals surface area contributed by atoms with Crippen LogP contribution in [-0.2, 0) is 5.75 Å². The molecule has 5 aromatic rings. The van der Waals surface area contributed by atoms with Gasteiger partial charge in [-0.2, -0.15) is 5.10 Å². The van der Waals surface area contributed by atoms with Crippen molar-refractivity contribution in [1.82, 2.24) is 24.7 Å². The van der Waals surface area contributed by atoms with Gasteiger partial charge in [0.15, 0.2) is 5.65 Å². The van der Waals surface area contributed by atoms with E-state index in [-0.39, 0.29) is 0 Å². The Balaban J connectivity index is 1.39. The molecule has 3 aromatic heterocycles. The minimum Gasteiger partial charge on any atom is -0.496 e. The van der Waals surface area contributed by atoms with Crippen LogP contribution in [0.3, 0.4) is 0 Å². The Hall–Kier alpha value is -3.23. The molecule has 0 aliphatic rings. The largest absolute Gasteiger partial charge is 0.496 e. The monoisotopic (exact) mass is 431 g/mol. The van der Waals surface area contributed by atoms with Gasteiger partial charge < -0.3 is 4.74 Å². The molecule has 0 fully saturated rings. The number of para-hydroxylation sites is 2. The van der Waals surface area contributed by atoms with Crippen molar-refractivity contribution in [3.8, 4) is 22.0 Å². The highest BCUT2D eigenvalue weighted by atomic mass is 32.2. The summed E-state index contributed by atoms with van der Waals surface area (Å²) in [6, 6.07) is 17.9. The highest BCUT2D eigenvalue weighted by Crippen LogP contribution is 2.34. The molecule has 5 rings (SSSR count). The summed E-state index contributed by atoms with van der Waals surface area (Å²) >= 11 is 3.26. The number of aromatic nitrogens is 5. The fourth-order valence-corrected chi connectivity index (χ4v) is 4.96. The number of ether oxygens (including phenoxy) is 1. The first-order chi connectivity index (χ1) is 14.8. The average Bonchev–Trinajstić information content (AvgIpc) is 3.46. The molecule has 30 heavy (non-hydrogen) atoms. The Labute approximate surface area is 181 Å². The minimum atomic E-state index is 0.717. The highest BCUT2D eigenvalue weighted by Gasteiger charge is 2.13. The smallest absolute Gasteiger partial charge is 0.167 e. The third-order valence-electron chi connectivity index (χ3n) is 4.58. The molecule has 0 amide bonds. The number of thiazole rings is 1. The molecule has 0 radical (unpaired) electrons. The standard InChI is InChI=1S/C22H17N5OS2/c1-28-19-10-6-5-9-17(19)22-26-15(13-30-22)12-29-21-18-11-25-27(20(18)23-14-24-21)16-7-3-2-4-8-16/h2-11,13-14H,12H2,1H3. The Morgan fingerprint density at radius 3 is 2.73 bits per heavy atom. The molecule has 0 bridgehead atoms. The van der Waals surface area contributed by atoms with Gasteiger partial charge in [-0.1, -0.05) is 42.1 Å². The number of hydrogen-bond donors (Lipinski definition) is 0. The van der Waals surface area contributed by atoms with E-state index in [4.69, 9.17) is 9.72 Å². The first kappa shape index (κ1) is 18.8. The van der Waals surface area contributed by atoms with Crippen LogP contribution in [0.1, 0.15) is 5.69 Å². The van der Waals surface area contributed by atoms with E-state index in [0.717, 1.165) is 43.8 Å². The number of nitrogens with zero attached hydrogens (tertiary/aromatic N) is 5. The lowest BCUT2D eigenvalue weighted by atomic mass is 10.2. The average molecular weight is 432 g/mol. The van der Waals surface area contributed by atoms with E-state index >= 15 is 0 Å². The lowest BCUT2D eigenvalue weighted by Crippen LogP contribution is -1.97. The van der Waals surface area contributed by atoms with Gasteiger partial charge in [0.2, 0.25) is 0 Å². The zero-order chi connectivity index (χ0) is 20.3. The van der Waals surface area contributed by atoms with Crippen LogP contribution >= 0.6 is 23.1 Å². The first-order valence-corrected chi connectivity index (χ1v) is 11.1. The minimum absolute atomic E-state index is 0.717. The van der Waals surface area contributed by atoms with Gasteiger partial charge in [0.1, 0.15) is 22.1 Å². The van der Waals surface area contributed by atoms with Crippen LogP contribution in [0, 0.1) is 0 Å². The highest BCUT2D eigenvalue weighted by molar-refractivity contribution is 7.98. The van der Waals surface area contributed by atoms with Gasteiger partial charge >= 0.3 is 0 Å². The predicted octanol–water partition coefficient (Wildman–Crippen LogP) is 5.24. The molecule has 0 unspecified atom stereocenters. The quantitative estimate of drug-likeness (QED) is 0.271. The summed E-state index contributed by atoms with van der Waals surface area (Å²) in [6.45, 7) is 0. The molecule has 0 saturated heterocycles. The summed E-state index contributed by atoms with van der Waals surface area (Å²) in [5.74, 6) is 1.55. The fraction of sp³-hybridized carbons (Fsp3) is 0.0909. The third-order valence-corrected chi connectivity index (χ3v) is 6.54.